The number of carbonyl (C=O) groups is 1. The highest BCUT2D eigenvalue weighted by Gasteiger charge is 2.25. The van der Waals surface area contributed by atoms with Crippen molar-refractivity contribution in [1.82, 2.24) is 0 Å². The minimum atomic E-state index is 0.0202. The van der Waals surface area contributed by atoms with Crippen LogP contribution in [-0.2, 0) is 17.6 Å². The van der Waals surface area contributed by atoms with Crippen molar-refractivity contribution in [2.75, 3.05) is 10.6 Å². The van der Waals surface area contributed by atoms with Crippen LogP contribution in [0.4, 0.5) is 11.4 Å². The highest BCUT2D eigenvalue weighted by atomic mass is 35.5. The van der Waals surface area contributed by atoms with Gasteiger partial charge < -0.3 is 10.6 Å². The molecular weight excluding hydrogens is 415 g/mol. The molecule has 0 aliphatic heterocycles. The lowest BCUT2D eigenvalue weighted by molar-refractivity contribution is -0.116. The van der Waals surface area contributed by atoms with E-state index in [0.717, 1.165) is 40.4 Å². The molecule has 30 heavy (non-hydrogen) atoms. The van der Waals surface area contributed by atoms with Crippen LogP contribution >= 0.6 is 23.2 Å². The van der Waals surface area contributed by atoms with Crippen LogP contribution in [-0.4, -0.2) is 5.91 Å². The summed E-state index contributed by atoms with van der Waals surface area (Å²) in [6.07, 6.45) is 3.13. The van der Waals surface area contributed by atoms with Gasteiger partial charge in [-0.05, 0) is 90.9 Å². The molecule has 4 rings (SSSR count). The second-order valence-electron chi connectivity index (χ2n) is 7.73. The lowest BCUT2D eigenvalue weighted by Crippen LogP contribution is -2.14. The summed E-state index contributed by atoms with van der Waals surface area (Å²) in [5, 5.41) is 8.12. The minimum Gasteiger partial charge on any atom is -0.378 e. The highest BCUT2D eigenvalue weighted by Crippen LogP contribution is 2.38. The van der Waals surface area contributed by atoms with Gasteiger partial charge in [-0.15, -0.1) is 0 Å². The first kappa shape index (κ1) is 20.8. The Balaban J connectivity index is 1.41. The van der Waals surface area contributed by atoms with Crippen molar-refractivity contribution in [3.8, 4) is 0 Å². The molecule has 0 heterocycles. The average Bonchev–Trinajstić information content (AvgIpc) is 3.14. The van der Waals surface area contributed by atoms with Crippen molar-refractivity contribution in [3.05, 3.63) is 93.0 Å². The van der Waals surface area contributed by atoms with E-state index in [4.69, 9.17) is 23.2 Å². The van der Waals surface area contributed by atoms with E-state index in [1.54, 1.807) is 0 Å². The maximum atomic E-state index is 12.5. The molecule has 1 aliphatic carbocycles. The summed E-state index contributed by atoms with van der Waals surface area (Å²) in [7, 11) is 0. The van der Waals surface area contributed by atoms with Crippen LogP contribution in [0.5, 0.6) is 0 Å². The number of nitrogens with one attached hydrogen (secondary N) is 2. The molecule has 0 fully saturated rings. The first-order valence-corrected chi connectivity index (χ1v) is 10.9. The summed E-state index contributed by atoms with van der Waals surface area (Å²) < 4.78 is 0. The molecule has 1 amide bonds. The van der Waals surface area contributed by atoms with Crippen LogP contribution in [0.15, 0.2) is 60.7 Å². The molecule has 5 heteroatoms. The maximum absolute atomic E-state index is 12.5. The Kier molecular flexibility index (Phi) is 6.31. The third kappa shape index (κ3) is 4.80. The van der Waals surface area contributed by atoms with E-state index in [2.05, 4.69) is 23.6 Å². The van der Waals surface area contributed by atoms with Crippen LogP contribution in [0.25, 0.3) is 0 Å². The second kappa shape index (κ2) is 9.11. The quantitative estimate of drug-likeness (QED) is 0.435. The fourth-order valence-electron chi connectivity index (χ4n) is 4.08. The SMILES string of the molecule is Cc1c(NC(=O)CCc2cccc(Cl)c2)ccc2c1CCC2Nc1ccc(Cl)cc1. The number of carbonyl (C=O) groups excluding carboxylic acids is 1. The van der Waals surface area contributed by atoms with Crippen LogP contribution in [0.1, 0.15) is 41.1 Å². The van der Waals surface area contributed by atoms with Crippen molar-refractivity contribution in [1.29, 1.82) is 0 Å². The Morgan fingerprint density at radius 3 is 2.60 bits per heavy atom. The summed E-state index contributed by atoms with van der Waals surface area (Å²) in [5.74, 6) is 0.0202. The number of anilines is 2. The fraction of sp³-hybridized carbons (Fsp3) is 0.240. The molecule has 0 spiro atoms. The van der Waals surface area contributed by atoms with Crippen LogP contribution < -0.4 is 10.6 Å². The number of fused-ring (bicyclic) bond motifs is 1. The summed E-state index contributed by atoms with van der Waals surface area (Å²) in [6, 6.07) is 19.9. The van der Waals surface area contributed by atoms with Gasteiger partial charge in [-0.25, -0.2) is 0 Å². The Morgan fingerprint density at radius 2 is 1.83 bits per heavy atom. The second-order valence-corrected chi connectivity index (χ2v) is 8.60. The van der Waals surface area contributed by atoms with Crippen molar-refractivity contribution in [2.24, 2.45) is 0 Å². The van der Waals surface area contributed by atoms with Gasteiger partial charge in [0.2, 0.25) is 5.91 Å². The van der Waals surface area contributed by atoms with E-state index in [0.29, 0.717) is 17.9 Å². The summed E-state index contributed by atoms with van der Waals surface area (Å²) >= 11 is 12.0. The van der Waals surface area contributed by atoms with Crippen LogP contribution in [0.2, 0.25) is 10.0 Å². The number of aryl methyl sites for hydroxylation is 1. The van der Waals surface area contributed by atoms with Crippen LogP contribution in [0.3, 0.4) is 0 Å². The van der Waals surface area contributed by atoms with Gasteiger partial charge in [-0.2, -0.15) is 0 Å². The molecule has 0 saturated heterocycles. The zero-order valence-corrected chi connectivity index (χ0v) is 18.4. The van der Waals surface area contributed by atoms with E-state index >= 15 is 0 Å². The predicted octanol–water partition coefficient (Wildman–Crippen LogP) is 6.97. The number of halogens is 2. The van der Waals surface area contributed by atoms with Gasteiger partial charge in [0.1, 0.15) is 0 Å². The maximum Gasteiger partial charge on any atom is 0.224 e. The van der Waals surface area contributed by atoms with E-state index < -0.39 is 0 Å². The average molecular weight is 439 g/mol. The van der Waals surface area contributed by atoms with Crippen LogP contribution in [0, 0.1) is 6.92 Å². The van der Waals surface area contributed by atoms with Gasteiger partial charge in [0, 0.05) is 27.8 Å². The summed E-state index contributed by atoms with van der Waals surface area (Å²) in [6.45, 7) is 2.09. The number of amides is 1. The number of hydrogen-bond donors (Lipinski definition) is 2. The molecule has 1 unspecified atom stereocenters. The highest BCUT2D eigenvalue weighted by molar-refractivity contribution is 6.30. The number of hydrogen-bond acceptors (Lipinski definition) is 2. The third-order valence-corrected chi connectivity index (χ3v) is 6.17. The van der Waals surface area contributed by atoms with Gasteiger partial charge in [0.25, 0.3) is 0 Å². The van der Waals surface area contributed by atoms with Gasteiger partial charge >= 0.3 is 0 Å². The molecule has 3 aromatic rings. The first-order chi connectivity index (χ1) is 14.5. The molecule has 3 aromatic carbocycles. The number of benzene rings is 3. The van der Waals surface area contributed by atoms with Gasteiger partial charge in [0.05, 0.1) is 6.04 Å². The standard InChI is InChI=1S/C25H24Cl2N2O/c1-16-21-10-13-24(28-20-8-6-18(26)7-9-20)22(21)11-12-23(16)29-25(30)14-5-17-3-2-4-19(27)15-17/h2-4,6-9,11-12,15,24,28H,5,10,13-14H2,1H3,(H,29,30). The van der Waals surface area contributed by atoms with Gasteiger partial charge in [0.15, 0.2) is 0 Å². The summed E-state index contributed by atoms with van der Waals surface area (Å²) in [5.41, 5.74) is 6.82. The molecular formula is C25H24Cl2N2O. The molecule has 2 N–H and O–H groups in total. The Labute approximate surface area is 187 Å². The van der Waals surface area contributed by atoms with Gasteiger partial charge in [-0.1, -0.05) is 41.4 Å². The molecule has 0 saturated carbocycles. The minimum absolute atomic E-state index is 0.0202. The molecule has 0 aromatic heterocycles. The van der Waals surface area contributed by atoms with E-state index in [9.17, 15) is 4.79 Å². The van der Waals surface area contributed by atoms with Crippen molar-refractivity contribution in [2.45, 2.75) is 38.6 Å². The van der Waals surface area contributed by atoms with Gasteiger partial charge in [-0.3, -0.25) is 4.79 Å². The smallest absolute Gasteiger partial charge is 0.224 e. The molecule has 1 atom stereocenters. The molecule has 1 aliphatic rings. The first-order valence-electron chi connectivity index (χ1n) is 10.2. The fourth-order valence-corrected chi connectivity index (χ4v) is 4.41. The third-order valence-electron chi connectivity index (χ3n) is 5.68. The largest absolute Gasteiger partial charge is 0.378 e. The van der Waals surface area contributed by atoms with E-state index in [-0.39, 0.29) is 11.9 Å². The van der Waals surface area contributed by atoms with Crippen molar-refractivity contribution in [3.63, 3.8) is 0 Å². The monoisotopic (exact) mass is 438 g/mol. The van der Waals surface area contributed by atoms with E-state index in [1.807, 2.05) is 54.6 Å². The van der Waals surface area contributed by atoms with Crippen molar-refractivity contribution >= 4 is 40.5 Å². The molecule has 0 bridgehead atoms. The normalized spacial score (nSPS) is 15.0. The summed E-state index contributed by atoms with van der Waals surface area (Å²) in [4.78, 5) is 12.5. The van der Waals surface area contributed by atoms with E-state index in [1.165, 1.54) is 11.1 Å². The lowest BCUT2D eigenvalue weighted by Gasteiger charge is -2.17. The zero-order chi connectivity index (χ0) is 21.1. The van der Waals surface area contributed by atoms with Crippen molar-refractivity contribution < 1.29 is 4.79 Å². The predicted molar refractivity (Wildman–Crippen MR) is 126 cm³/mol. The lowest BCUT2D eigenvalue weighted by atomic mass is 10.0. The Hall–Kier alpha value is -2.49. The topological polar surface area (TPSA) is 41.1 Å². The Bertz CT molecular complexity index is 1060. The molecule has 3 nitrogen and oxygen atoms in total. The zero-order valence-electron chi connectivity index (χ0n) is 16.8. The number of rotatable bonds is 6. The molecule has 154 valence electrons. The Morgan fingerprint density at radius 1 is 1.03 bits per heavy atom. The molecule has 0 radical (unpaired) electrons.